The zero-order chi connectivity index (χ0) is 20.5. The van der Waals surface area contributed by atoms with E-state index in [9.17, 15) is 14.0 Å². The van der Waals surface area contributed by atoms with Gasteiger partial charge in [0.15, 0.2) is 0 Å². The number of nitrogens with zero attached hydrogens (tertiary/aromatic N) is 5. The fraction of sp³-hybridized carbons (Fsp3) is 0.550. The van der Waals surface area contributed by atoms with Gasteiger partial charge in [-0.25, -0.2) is 13.9 Å². The Morgan fingerprint density at radius 3 is 2.69 bits per heavy atom. The second kappa shape index (κ2) is 8.28. The lowest BCUT2D eigenvalue weighted by Gasteiger charge is -2.36. The Hall–Kier alpha value is -2.19. The Morgan fingerprint density at radius 1 is 1.24 bits per heavy atom. The molecule has 4 rings (SSSR count). The van der Waals surface area contributed by atoms with E-state index >= 15 is 0 Å². The molecule has 7 nitrogen and oxygen atoms in total. The van der Waals surface area contributed by atoms with E-state index in [0.29, 0.717) is 31.9 Å². The van der Waals surface area contributed by atoms with Crippen LogP contribution in [0.3, 0.4) is 0 Å². The fourth-order valence-corrected chi connectivity index (χ4v) is 4.41. The van der Waals surface area contributed by atoms with Gasteiger partial charge in [0, 0.05) is 43.3 Å². The van der Waals surface area contributed by atoms with E-state index in [0.717, 1.165) is 26.1 Å². The Kier molecular flexibility index (Phi) is 5.74. The number of carbonyl (C=O) groups excluding carboxylic acids is 1. The average molecular weight is 422 g/mol. The molecule has 3 heterocycles. The second-order valence-corrected chi connectivity index (χ2v) is 8.01. The largest absolute Gasteiger partial charge is 0.346 e. The standard InChI is InChI=1S/C20H25ClFN5O2/c1-2-24-9-11-25(12-10-24)19(28)14-5-4-8-26-18(14)23-27(20(26)29)13-15-16(21)6-3-7-17(15)22/h3,6-7,14H,2,4-5,8-13H2,1H3. The molecule has 0 N–H and O–H groups in total. The number of likely N-dealkylation sites (N-methyl/N-ethyl adjacent to an activating group) is 1. The maximum absolute atomic E-state index is 14.2. The summed E-state index contributed by atoms with van der Waals surface area (Å²) in [5.41, 5.74) is -0.0992. The first-order valence-electron chi connectivity index (χ1n) is 10.1. The van der Waals surface area contributed by atoms with Gasteiger partial charge in [0.05, 0.1) is 12.5 Å². The molecule has 2 aliphatic heterocycles. The molecule has 2 aliphatic rings. The normalized spacial score (nSPS) is 20.0. The van der Waals surface area contributed by atoms with Crippen molar-refractivity contribution in [2.24, 2.45) is 0 Å². The molecule has 0 bridgehead atoms. The predicted octanol–water partition coefficient (Wildman–Crippen LogP) is 1.93. The van der Waals surface area contributed by atoms with Crippen LogP contribution >= 0.6 is 11.6 Å². The number of amides is 1. The van der Waals surface area contributed by atoms with Crippen molar-refractivity contribution in [3.63, 3.8) is 0 Å². The van der Waals surface area contributed by atoms with Gasteiger partial charge < -0.3 is 9.80 Å². The lowest BCUT2D eigenvalue weighted by atomic mass is 9.97. The summed E-state index contributed by atoms with van der Waals surface area (Å²) >= 11 is 6.11. The van der Waals surface area contributed by atoms with Crippen molar-refractivity contribution in [3.05, 3.63) is 50.9 Å². The summed E-state index contributed by atoms with van der Waals surface area (Å²) in [5.74, 6) is -0.391. The molecule has 1 amide bonds. The van der Waals surface area contributed by atoms with Crippen LogP contribution in [0.1, 0.15) is 37.1 Å². The molecule has 0 spiro atoms. The summed E-state index contributed by atoms with van der Waals surface area (Å²) in [6.07, 6.45) is 1.41. The van der Waals surface area contributed by atoms with Gasteiger partial charge in [0.25, 0.3) is 0 Å². The summed E-state index contributed by atoms with van der Waals surface area (Å²) < 4.78 is 16.9. The number of hydrogen-bond acceptors (Lipinski definition) is 4. The van der Waals surface area contributed by atoms with Crippen molar-refractivity contribution >= 4 is 17.5 Å². The molecule has 1 atom stereocenters. The number of rotatable bonds is 4. The van der Waals surface area contributed by atoms with Crippen LogP contribution in [0.2, 0.25) is 5.02 Å². The SMILES string of the molecule is CCN1CCN(C(=O)C2CCCn3c2nn(Cc2c(F)cccc2Cl)c3=O)CC1. The minimum absolute atomic E-state index is 0.0303. The minimum atomic E-state index is -0.475. The van der Waals surface area contributed by atoms with E-state index in [1.165, 1.54) is 16.8 Å². The molecular weight excluding hydrogens is 397 g/mol. The maximum atomic E-state index is 14.2. The van der Waals surface area contributed by atoms with Crippen molar-refractivity contribution in [1.29, 1.82) is 0 Å². The van der Waals surface area contributed by atoms with Crippen molar-refractivity contribution < 1.29 is 9.18 Å². The fourth-order valence-electron chi connectivity index (χ4n) is 4.18. The molecule has 156 valence electrons. The van der Waals surface area contributed by atoms with E-state index in [4.69, 9.17) is 11.6 Å². The van der Waals surface area contributed by atoms with Gasteiger partial charge in [0.1, 0.15) is 11.6 Å². The van der Waals surface area contributed by atoms with Gasteiger partial charge in [-0.3, -0.25) is 9.36 Å². The van der Waals surface area contributed by atoms with Gasteiger partial charge in [-0.1, -0.05) is 24.6 Å². The topological polar surface area (TPSA) is 63.4 Å². The van der Waals surface area contributed by atoms with Gasteiger partial charge >= 0.3 is 5.69 Å². The summed E-state index contributed by atoms with van der Waals surface area (Å²) in [7, 11) is 0. The average Bonchev–Trinajstić information content (AvgIpc) is 3.06. The van der Waals surface area contributed by atoms with E-state index < -0.39 is 11.7 Å². The molecule has 9 heteroatoms. The lowest BCUT2D eigenvalue weighted by molar-refractivity contribution is -0.135. The molecule has 0 radical (unpaired) electrons. The summed E-state index contributed by atoms with van der Waals surface area (Å²) in [5, 5.41) is 4.69. The molecule has 1 aromatic heterocycles. The molecule has 1 saturated heterocycles. The number of benzene rings is 1. The molecule has 2 aromatic rings. The quantitative estimate of drug-likeness (QED) is 0.756. The van der Waals surface area contributed by atoms with Crippen LogP contribution in [0.15, 0.2) is 23.0 Å². The molecule has 1 aromatic carbocycles. The van der Waals surface area contributed by atoms with E-state index in [2.05, 4.69) is 16.9 Å². The monoisotopic (exact) mass is 421 g/mol. The predicted molar refractivity (Wildman–Crippen MR) is 108 cm³/mol. The molecule has 1 unspecified atom stereocenters. The van der Waals surface area contributed by atoms with Crippen molar-refractivity contribution in [1.82, 2.24) is 24.1 Å². The van der Waals surface area contributed by atoms with Crippen molar-refractivity contribution in [2.45, 2.75) is 38.8 Å². The van der Waals surface area contributed by atoms with Crippen molar-refractivity contribution in [3.8, 4) is 0 Å². The molecular formula is C20H25ClFN5O2. The first-order valence-corrected chi connectivity index (χ1v) is 10.5. The molecule has 1 fully saturated rings. The smallest absolute Gasteiger partial charge is 0.339 e. The van der Waals surface area contributed by atoms with Gasteiger partial charge in [0.2, 0.25) is 5.91 Å². The first-order chi connectivity index (χ1) is 14.0. The van der Waals surface area contributed by atoms with E-state index in [1.807, 2.05) is 4.90 Å². The van der Waals surface area contributed by atoms with E-state index in [1.54, 1.807) is 10.6 Å². The second-order valence-electron chi connectivity index (χ2n) is 7.60. The van der Waals surface area contributed by atoms with Crippen molar-refractivity contribution in [2.75, 3.05) is 32.7 Å². The minimum Gasteiger partial charge on any atom is -0.339 e. The summed E-state index contributed by atoms with van der Waals surface area (Å²) in [4.78, 5) is 30.2. The first kappa shape index (κ1) is 20.1. The maximum Gasteiger partial charge on any atom is 0.346 e. The van der Waals surface area contributed by atoms with Gasteiger partial charge in [-0.05, 0) is 31.5 Å². The molecule has 0 saturated carbocycles. The Balaban J connectivity index is 1.59. The summed E-state index contributed by atoms with van der Waals surface area (Å²) in [6, 6.07) is 4.42. The van der Waals surface area contributed by atoms with Crippen LogP contribution in [0.5, 0.6) is 0 Å². The highest BCUT2D eigenvalue weighted by molar-refractivity contribution is 6.31. The number of aromatic nitrogens is 3. The number of carbonyl (C=O) groups is 1. The highest BCUT2D eigenvalue weighted by atomic mass is 35.5. The van der Waals surface area contributed by atoms with E-state index in [-0.39, 0.29) is 28.7 Å². The van der Waals surface area contributed by atoms with Crippen LogP contribution in [0, 0.1) is 5.82 Å². The number of halogens is 2. The van der Waals surface area contributed by atoms with Crippen LogP contribution in [0.4, 0.5) is 4.39 Å². The van der Waals surface area contributed by atoms with Crippen LogP contribution in [0.25, 0.3) is 0 Å². The third-order valence-electron chi connectivity index (χ3n) is 5.94. The Labute approximate surface area is 173 Å². The lowest BCUT2D eigenvalue weighted by Crippen LogP contribution is -2.50. The van der Waals surface area contributed by atoms with Gasteiger partial charge in [-0.2, -0.15) is 5.10 Å². The van der Waals surface area contributed by atoms with Gasteiger partial charge in [-0.15, -0.1) is 0 Å². The Morgan fingerprint density at radius 2 is 2.00 bits per heavy atom. The highest BCUT2D eigenvalue weighted by Gasteiger charge is 2.35. The molecule has 29 heavy (non-hydrogen) atoms. The number of fused-ring (bicyclic) bond motifs is 1. The highest BCUT2D eigenvalue weighted by Crippen LogP contribution is 2.27. The zero-order valence-corrected chi connectivity index (χ0v) is 17.2. The number of piperazine rings is 1. The third kappa shape index (κ3) is 3.83. The van der Waals surface area contributed by atoms with Crippen LogP contribution < -0.4 is 5.69 Å². The Bertz CT molecular complexity index is 944. The molecule has 0 aliphatic carbocycles. The zero-order valence-electron chi connectivity index (χ0n) is 16.5. The van der Waals surface area contributed by atoms with Crippen LogP contribution in [-0.4, -0.2) is 62.8 Å². The number of hydrogen-bond donors (Lipinski definition) is 0. The van der Waals surface area contributed by atoms with Crippen LogP contribution in [-0.2, 0) is 17.9 Å². The third-order valence-corrected chi connectivity index (χ3v) is 6.29. The summed E-state index contributed by atoms with van der Waals surface area (Å²) in [6.45, 7) is 6.68.